The van der Waals surface area contributed by atoms with Gasteiger partial charge in [-0.15, -0.1) is 0 Å². The molecule has 2 aromatic carbocycles. The lowest BCUT2D eigenvalue weighted by Gasteiger charge is -2.15. The summed E-state index contributed by atoms with van der Waals surface area (Å²) in [6, 6.07) is 14.4. The molecule has 3 heteroatoms. The molecule has 0 aromatic heterocycles. The molecule has 1 atom stereocenters. The normalized spacial score (nSPS) is 12.4. The van der Waals surface area contributed by atoms with Crippen LogP contribution in [0.3, 0.4) is 0 Å². The molecule has 2 rings (SSSR count). The van der Waals surface area contributed by atoms with Crippen molar-refractivity contribution in [3.63, 3.8) is 0 Å². The summed E-state index contributed by atoms with van der Waals surface area (Å²) in [5.74, 6) is 0. The van der Waals surface area contributed by atoms with Crippen LogP contribution < -0.4 is 5.32 Å². The zero-order valence-electron chi connectivity index (χ0n) is 11.1. The summed E-state index contributed by atoms with van der Waals surface area (Å²) >= 11 is 12.2. The molecule has 1 N–H and O–H groups in total. The molecule has 0 fully saturated rings. The molecule has 2 aromatic rings. The second-order valence-corrected chi connectivity index (χ2v) is 5.34. The summed E-state index contributed by atoms with van der Waals surface area (Å²) in [7, 11) is 1.98. The van der Waals surface area contributed by atoms with E-state index in [1.54, 1.807) is 6.07 Å². The van der Waals surface area contributed by atoms with Gasteiger partial charge in [0.2, 0.25) is 0 Å². The van der Waals surface area contributed by atoms with Gasteiger partial charge in [0.1, 0.15) is 0 Å². The number of nitrogens with one attached hydrogen (secondary N) is 1. The first-order valence-electron chi connectivity index (χ1n) is 6.38. The summed E-state index contributed by atoms with van der Waals surface area (Å²) in [6.45, 7) is 2.17. The Morgan fingerprint density at radius 2 is 1.74 bits per heavy atom. The van der Waals surface area contributed by atoms with Crippen molar-refractivity contribution in [1.29, 1.82) is 0 Å². The van der Waals surface area contributed by atoms with Crippen LogP contribution in [0.15, 0.2) is 42.5 Å². The van der Waals surface area contributed by atoms with Gasteiger partial charge in [-0.05, 0) is 42.8 Å². The Bertz CT molecular complexity index is 545. The number of benzene rings is 2. The molecule has 1 nitrogen and oxygen atoms in total. The van der Waals surface area contributed by atoms with Crippen LogP contribution in [0.5, 0.6) is 0 Å². The fourth-order valence-corrected chi connectivity index (χ4v) is 2.62. The molecule has 0 amide bonds. The maximum atomic E-state index is 6.22. The third-order valence-electron chi connectivity index (χ3n) is 3.31. The van der Waals surface area contributed by atoms with Crippen molar-refractivity contribution in [1.82, 2.24) is 5.32 Å². The fraction of sp³-hybridized carbons (Fsp3) is 0.250. The van der Waals surface area contributed by atoms with E-state index in [1.165, 1.54) is 5.56 Å². The van der Waals surface area contributed by atoms with Gasteiger partial charge in [0.05, 0.1) is 0 Å². The Hall–Kier alpha value is -1.02. The van der Waals surface area contributed by atoms with Gasteiger partial charge in [0.15, 0.2) is 0 Å². The second-order valence-electron chi connectivity index (χ2n) is 4.50. The lowest BCUT2D eigenvalue weighted by molar-refractivity contribution is 0.577. The van der Waals surface area contributed by atoms with E-state index in [2.05, 4.69) is 36.5 Å². The van der Waals surface area contributed by atoms with Crippen molar-refractivity contribution in [3.05, 3.63) is 58.1 Å². The summed E-state index contributed by atoms with van der Waals surface area (Å²) in [4.78, 5) is 0. The first-order valence-corrected chi connectivity index (χ1v) is 7.14. The monoisotopic (exact) mass is 293 g/mol. The number of rotatable bonds is 4. The number of halogens is 2. The molecule has 0 radical (unpaired) electrons. The van der Waals surface area contributed by atoms with Gasteiger partial charge >= 0.3 is 0 Å². The zero-order chi connectivity index (χ0) is 13.8. The van der Waals surface area contributed by atoms with Gasteiger partial charge in [-0.25, -0.2) is 0 Å². The third-order valence-corrected chi connectivity index (χ3v) is 3.87. The largest absolute Gasteiger partial charge is 0.313 e. The summed E-state index contributed by atoms with van der Waals surface area (Å²) in [5.41, 5.74) is 3.34. The van der Waals surface area contributed by atoms with Gasteiger partial charge in [-0.2, -0.15) is 0 Å². The number of hydrogen-bond acceptors (Lipinski definition) is 1. The standard InChI is InChI=1S/C16H17Cl2N/c1-3-16(19-2)12-6-4-11(5-7-12)14-10-13(17)8-9-15(14)18/h4-10,16,19H,3H2,1-2H3. The van der Waals surface area contributed by atoms with E-state index in [4.69, 9.17) is 23.2 Å². The minimum atomic E-state index is 0.392. The van der Waals surface area contributed by atoms with Crippen molar-refractivity contribution in [2.24, 2.45) is 0 Å². The summed E-state index contributed by atoms with van der Waals surface area (Å²) in [5, 5.41) is 4.72. The topological polar surface area (TPSA) is 12.0 Å². The quantitative estimate of drug-likeness (QED) is 0.803. The van der Waals surface area contributed by atoms with Crippen LogP contribution >= 0.6 is 23.2 Å². The molecule has 19 heavy (non-hydrogen) atoms. The highest BCUT2D eigenvalue weighted by Crippen LogP contribution is 2.31. The Morgan fingerprint density at radius 3 is 2.32 bits per heavy atom. The minimum absolute atomic E-state index is 0.392. The second kappa shape index (κ2) is 6.42. The van der Waals surface area contributed by atoms with E-state index in [0.29, 0.717) is 11.1 Å². The summed E-state index contributed by atoms with van der Waals surface area (Å²) in [6.07, 6.45) is 1.06. The van der Waals surface area contributed by atoms with E-state index in [9.17, 15) is 0 Å². The molecule has 1 unspecified atom stereocenters. The van der Waals surface area contributed by atoms with Crippen molar-refractivity contribution in [2.75, 3.05) is 7.05 Å². The van der Waals surface area contributed by atoms with Crippen LogP contribution in [0.1, 0.15) is 24.9 Å². The van der Waals surface area contributed by atoms with E-state index in [-0.39, 0.29) is 0 Å². The Balaban J connectivity index is 2.34. The van der Waals surface area contributed by atoms with Gasteiger partial charge in [-0.3, -0.25) is 0 Å². The first-order chi connectivity index (χ1) is 9.15. The lowest BCUT2D eigenvalue weighted by atomic mass is 9.99. The number of hydrogen-bond donors (Lipinski definition) is 1. The highest BCUT2D eigenvalue weighted by Gasteiger charge is 2.08. The molecule has 0 heterocycles. The Kier molecular flexibility index (Phi) is 4.87. The van der Waals surface area contributed by atoms with Gasteiger partial charge in [-0.1, -0.05) is 54.4 Å². The zero-order valence-corrected chi connectivity index (χ0v) is 12.6. The molecule has 0 saturated heterocycles. The van der Waals surface area contributed by atoms with Crippen molar-refractivity contribution >= 4 is 23.2 Å². The summed E-state index contributed by atoms with van der Waals surface area (Å²) < 4.78 is 0. The molecule has 0 aliphatic heterocycles. The van der Waals surface area contributed by atoms with Crippen molar-refractivity contribution < 1.29 is 0 Å². The third kappa shape index (κ3) is 3.30. The van der Waals surface area contributed by atoms with Crippen LogP contribution in [-0.2, 0) is 0 Å². The predicted molar refractivity (Wildman–Crippen MR) is 84.0 cm³/mol. The van der Waals surface area contributed by atoms with Crippen LogP contribution in [-0.4, -0.2) is 7.05 Å². The predicted octanol–water partition coefficient (Wildman–Crippen LogP) is 5.33. The smallest absolute Gasteiger partial charge is 0.0485 e. The highest BCUT2D eigenvalue weighted by atomic mass is 35.5. The average molecular weight is 294 g/mol. The maximum Gasteiger partial charge on any atom is 0.0485 e. The van der Waals surface area contributed by atoms with Gasteiger partial charge < -0.3 is 5.32 Å². The molecular weight excluding hydrogens is 277 g/mol. The fourth-order valence-electron chi connectivity index (χ4n) is 2.22. The molecule has 0 aliphatic rings. The molecule has 0 bridgehead atoms. The van der Waals surface area contributed by atoms with Crippen LogP contribution in [0.2, 0.25) is 10.0 Å². The van der Waals surface area contributed by atoms with E-state index in [1.807, 2.05) is 19.2 Å². The van der Waals surface area contributed by atoms with Crippen molar-refractivity contribution in [3.8, 4) is 11.1 Å². The molecular formula is C16H17Cl2N. The van der Waals surface area contributed by atoms with Gasteiger partial charge in [0, 0.05) is 21.7 Å². The van der Waals surface area contributed by atoms with E-state index < -0.39 is 0 Å². The minimum Gasteiger partial charge on any atom is -0.313 e. The van der Waals surface area contributed by atoms with Crippen molar-refractivity contribution in [2.45, 2.75) is 19.4 Å². The SMILES string of the molecule is CCC(NC)c1ccc(-c2cc(Cl)ccc2Cl)cc1. The highest BCUT2D eigenvalue weighted by molar-refractivity contribution is 6.35. The van der Waals surface area contributed by atoms with Gasteiger partial charge in [0.25, 0.3) is 0 Å². The van der Waals surface area contributed by atoms with E-state index in [0.717, 1.165) is 22.6 Å². The lowest BCUT2D eigenvalue weighted by Crippen LogP contribution is -2.14. The Labute approximate surface area is 124 Å². The Morgan fingerprint density at radius 1 is 1.05 bits per heavy atom. The maximum absolute atomic E-state index is 6.22. The molecule has 0 aliphatic carbocycles. The average Bonchev–Trinajstić information content (AvgIpc) is 2.44. The van der Waals surface area contributed by atoms with E-state index >= 15 is 0 Å². The van der Waals surface area contributed by atoms with Crippen LogP contribution in [0.4, 0.5) is 0 Å². The first kappa shape index (κ1) is 14.4. The van der Waals surface area contributed by atoms with Crippen LogP contribution in [0, 0.1) is 0 Å². The van der Waals surface area contributed by atoms with Crippen LogP contribution in [0.25, 0.3) is 11.1 Å². The molecule has 0 spiro atoms. The molecule has 100 valence electrons. The molecule has 0 saturated carbocycles.